The summed E-state index contributed by atoms with van der Waals surface area (Å²) in [5.41, 5.74) is 0.999. The maximum atomic E-state index is 11.5. The van der Waals surface area contributed by atoms with E-state index in [1.807, 2.05) is 52.0 Å². The zero-order chi connectivity index (χ0) is 12.8. The van der Waals surface area contributed by atoms with E-state index in [0.717, 1.165) is 11.3 Å². The molecule has 94 valence electrons. The van der Waals surface area contributed by atoms with Gasteiger partial charge in [0.05, 0.1) is 12.5 Å². The standard InChI is InChI=1S/C14H21NO2/c1-10(2)15-14(16)9-12-5-7-13(8-6-12)17-11(3)4/h5-8,10-11H,9H2,1-4H3,(H,15,16). The third-order valence-corrected chi connectivity index (χ3v) is 2.11. The monoisotopic (exact) mass is 235 g/mol. The van der Waals surface area contributed by atoms with Crippen molar-refractivity contribution in [1.82, 2.24) is 5.32 Å². The predicted octanol–water partition coefficient (Wildman–Crippen LogP) is 2.54. The molecule has 0 aromatic heterocycles. The van der Waals surface area contributed by atoms with Gasteiger partial charge >= 0.3 is 0 Å². The highest BCUT2D eigenvalue weighted by molar-refractivity contribution is 5.78. The normalized spacial score (nSPS) is 10.7. The van der Waals surface area contributed by atoms with Crippen LogP contribution in [0.5, 0.6) is 5.75 Å². The van der Waals surface area contributed by atoms with Crippen LogP contribution in [-0.2, 0) is 11.2 Å². The number of amides is 1. The zero-order valence-corrected chi connectivity index (χ0v) is 11.0. The van der Waals surface area contributed by atoms with Crippen molar-refractivity contribution in [3.8, 4) is 5.75 Å². The molecule has 0 aliphatic rings. The number of ether oxygens (including phenoxy) is 1. The summed E-state index contributed by atoms with van der Waals surface area (Å²) in [4.78, 5) is 11.5. The molecule has 0 unspecified atom stereocenters. The third kappa shape index (κ3) is 5.38. The van der Waals surface area contributed by atoms with Crippen molar-refractivity contribution >= 4 is 5.91 Å². The summed E-state index contributed by atoms with van der Waals surface area (Å²) in [5.74, 6) is 0.894. The van der Waals surface area contributed by atoms with E-state index in [2.05, 4.69) is 5.32 Å². The van der Waals surface area contributed by atoms with Crippen molar-refractivity contribution in [2.75, 3.05) is 0 Å². The fourth-order valence-electron chi connectivity index (χ4n) is 1.52. The second-order valence-corrected chi connectivity index (χ2v) is 4.71. The minimum absolute atomic E-state index is 0.0533. The Kier molecular flexibility index (Phi) is 5.01. The van der Waals surface area contributed by atoms with Gasteiger partial charge in [-0.3, -0.25) is 4.79 Å². The Balaban J connectivity index is 2.53. The molecule has 1 aromatic rings. The lowest BCUT2D eigenvalue weighted by molar-refractivity contribution is -0.120. The van der Waals surface area contributed by atoms with Crippen LogP contribution >= 0.6 is 0 Å². The van der Waals surface area contributed by atoms with Gasteiger partial charge in [0.2, 0.25) is 5.91 Å². The third-order valence-electron chi connectivity index (χ3n) is 2.11. The number of rotatable bonds is 5. The van der Waals surface area contributed by atoms with Gasteiger partial charge in [-0.2, -0.15) is 0 Å². The Morgan fingerprint density at radius 3 is 2.24 bits per heavy atom. The second kappa shape index (κ2) is 6.28. The first kappa shape index (κ1) is 13.6. The molecule has 1 rings (SSSR count). The van der Waals surface area contributed by atoms with Crippen molar-refractivity contribution in [2.45, 2.75) is 46.3 Å². The molecule has 0 saturated carbocycles. The molecule has 1 N–H and O–H groups in total. The van der Waals surface area contributed by atoms with Crippen LogP contribution in [0.1, 0.15) is 33.3 Å². The van der Waals surface area contributed by atoms with Crippen LogP contribution in [0.3, 0.4) is 0 Å². The van der Waals surface area contributed by atoms with Gasteiger partial charge in [-0.05, 0) is 45.4 Å². The predicted molar refractivity (Wildman–Crippen MR) is 69.2 cm³/mol. The summed E-state index contributed by atoms with van der Waals surface area (Å²) >= 11 is 0. The summed E-state index contributed by atoms with van der Waals surface area (Å²) in [7, 11) is 0. The fourth-order valence-corrected chi connectivity index (χ4v) is 1.52. The van der Waals surface area contributed by atoms with Gasteiger partial charge in [-0.25, -0.2) is 0 Å². The maximum Gasteiger partial charge on any atom is 0.224 e. The van der Waals surface area contributed by atoms with Crippen LogP contribution in [0.2, 0.25) is 0 Å². The average molecular weight is 235 g/mol. The molecule has 3 nitrogen and oxygen atoms in total. The summed E-state index contributed by atoms with van der Waals surface area (Å²) < 4.78 is 5.54. The molecule has 1 amide bonds. The molecule has 1 aromatic carbocycles. The van der Waals surface area contributed by atoms with Crippen LogP contribution in [0.25, 0.3) is 0 Å². The van der Waals surface area contributed by atoms with Crippen LogP contribution in [0, 0.1) is 0 Å². The van der Waals surface area contributed by atoms with Gasteiger partial charge in [0.1, 0.15) is 5.75 Å². The number of hydrogen-bond donors (Lipinski definition) is 1. The Bertz CT molecular complexity index is 355. The van der Waals surface area contributed by atoms with E-state index in [1.165, 1.54) is 0 Å². The van der Waals surface area contributed by atoms with E-state index < -0.39 is 0 Å². The smallest absolute Gasteiger partial charge is 0.224 e. The van der Waals surface area contributed by atoms with Crippen LogP contribution in [0.4, 0.5) is 0 Å². The van der Waals surface area contributed by atoms with Crippen molar-refractivity contribution in [2.24, 2.45) is 0 Å². The van der Waals surface area contributed by atoms with Crippen molar-refractivity contribution in [1.29, 1.82) is 0 Å². The number of carbonyl (C=O) groups excluding carboxylic acids is 1. The van der Waals surface area contributed by atoms with Crippen LogP contribution in [-0.4, -0.2) is 18.1 Å². The molecule has 17 heavy (non-hydrogen) atoms. The fraction of sp³-hybridized carbons (Fsp3) is 0.500. The van der Waals surface area contributed by atoms with E-state index in [4.69, 9.17) is 4.74 Å². The van der Waals surface area contributed by atoms with Crippen LogP contribution < -0.4 is 10.1 Å². The van der Waals surface area contributed by atoms with Crippen molar-refractivity contribution in [3.05, 3.63) is 29.8 Å². The summed E-state index contributed by atoms with van der Waals surface area (Å²) in [5, 5.41) is 2.87. The average Bonchev–Trinajstić information content (AvgIpc) is 2.18. The highest BCUT2D eigenvalue weighted by Crippen LogP contribution is 2.14. The number of benzene rings is 1. The Hall–Kier alpha value is -1.51. The Labute approximate surface area is 103 Å². The highest BCUT2D eigenvalue weighted by atomic mass is 16.5. The van der Waals surface area contributed by atoms with Gasteiger partial charge in [-0.15, -0.1) is 0 Å². The summed E-state index contributed by atoms with van der Waals surface area (Å²) in [6, 6.07) is 7.84. The topological polar surface area (TPSA) is 38.3 Å². The lowest BCUT2D eigenvalue weighted by Crippen LogP contribution is -2.31. The first-order chi connectivity index (χ1) is 7.97. The van der Waals surface area contributed by atoms with Gasteiger partial charge in [0, 0.05) is 6.04 Å². The van der Waals surface area contributed by atoms with Crippen molar-refractivity contribution < 1.29 is 9.53 Å². The highest BCUT2D eigenvalue weighted by Gasteiger charge is 2.05. The second-order valence-electron chi connectivity index (χ2n) is 4.71. The van der Waals surface area contributed by atoms with E-state index in [0.29, 0.717) is 6.42 Å². The number of nitrogens with one attached hydrogen (secondary N) is 1. The van der Waals surface area contributed by atoms with E-state index >= 15 is 0 Å². The molecule has 0 bridgehead atoms. The van der Waals surface area contributed by atoms with Gasteiger partial charge in [0.15, 0.2) is 0 Å². The minimum Gasteiger partial charge on any atom is -0.491 e. The van der Waals surface area contributed by atoms with E-state index in [1.54, 1.807) is 0 Å². The number of hydrogen-bond acceptors (Lipinski definition) is 2. The molecule has 0 aliphatic carbocycles. The summed E-state index contributed by atoms with van der Waals surface area (Å²) in [6.45, 7) is 7.89. The molecule has 0 fully saturated rings. The molecule has 0 heterocycles. The first-order valence-corrected chi connectivity index (χ1v) is 6.02. The SMILES string of the molecule is CC(C)NC(=O)Cc1ccc(OC(C)C)cc1. The molecule has 3 heteroatoms. The molecule has 0 saturated heterocycles. The Morgan fingerprint density at radius 2 is 1.76 bits per heavy atom. The molecular formula is C14H21NO2. The lowest BCUT2D eigenvalue weighted by atomic mass is 10.1. The van der Waals surface area contributed by atoms with Crippen LogP contribution in [0.15, 0.2) is 24.3 Å². The van der Waals surface area contributed by atoms with Crippen molar-refractivity contribution in [3.63, 3.8) is 0 Å². The Morgan fingerprint density at radius 1 is 1.18 bits per heavy atom. The molecule has 0 atom stereocenters. The van der Waals surface area contributed by atoms with Gasteiger partial charge in [0.25, 0.3) is 0 Å². The van der Waals surface area contributed by atoms with Gasteiger partial charge < -0.3 is 10.1 Å². The molecule has 0 radical (unpaired) electrons. The van der Waals surface area contributed by atoms with E-state index in [9.17, 15) is 4.79 Å². The molecule has 0 aliphatic heterocycles. The lowest BCUT2D eigenvalue weighted by Gasteiger charge is -2.11. The zero-order valence-electron chi connectivity index (χ0n) is 11.0. The summed E-state index contributed by atoms with van der Waals surface area (Å²) in [6.07, 6.45) is 0.588. The maximum absolute atomic E-state index is 11.5. The quantitative estimate of drug-likeness (QED) is 0.851. The number of carbonyl (C=O) groups is 1. The molecular weight excluding hydrogens is 214 g/mol. The first-order valence-electron chi connectivity index (χ1n) is 6.02. The van der Waals surface area contributed by atoms with Gasteiger partial charge in [-0.1, -0.05) is 12.1 Å². The minimum atomic E-state index is 0.0533. The molecule has 0 spiro atoms. The largest absolute Gasteiger partial charge is 0.491 e. The van der Waals surface area contributed by atoms with E-state index in [-0.39, 0.29) is 18.1 Å².